The Bertz CT molecular complexity index is 1410. The fourth-order valence-corrected chi connectivity index (χ4v) is 9.82. The quantitative estimate of drug-likeness (QED) is 0.0205. The van der Waals surface area contributed by atoms with Crippen molar-refractivity contribution in [1.82, 2.24) is 5.32 Å². The second-order valence-corrected chi connectivity index (χ2v) is 24.0. The normalized spacial score (nSPS) is 14.0. The molecule has 0 aliphatic heterocycles. The van der Waals surface area contributed by atoms with Gasteiger partial charge in [-0.25, -0.2) is 4.57 Å². The lowest BCUT2D eigenvalue weighted by Gasteiger charge is -2.27. The van der Waals surface area contributed by atoms with Crippen LogP contribution in [0.1, 0.15) is 297 Å². The minimum atomic E-state index is -4.45. The first-order valence-corrected chi connectivity index (χ1v) is 33.0. The molecule has 0 aliphatic carbocycles. The third kappa shape index (κ3) is 54.7. The van der Waals surface area contributed by atoms with Crippen molar-refractivity contribution in [2.45, 2.75) is 309 Å². The lowest BCUT2D eigenvalue weighted by molar-refractivity contribution is -0.870. The lowest BCUT2D eigenvalue weighted by atomic mass is 10.0. The van der Waals surface area contributed by atoms with E-state index in [1.165, 1.54) is 186 Å². The zero-order valence-electron chi connectivity index (χ0n) is 49.6. The van der Waals surface area contributed by atoms with E-state index in [1.807, 2.05) is 33.3 Å². The van der Waals surface area contributed by atoms with Gasteiger partial charge in [-0.15, -0.1) is 0 Å². The molecule has 0 radical (unpaired) electrons. The van der Waals surface area contributed by atoms with Crippen molar-refractivity contribution in [2.75, 3.05) is 40.9 Å². The van der Waals surface area contributed by atoms with E-state index >= 15 is 0 Å². The number of nitrogens with zero attached hydrogens (tertiary/aromatic N) is 1. The molecular weight excluding hydrogens is 940 g/mol. The van der Waals surface area contributed by atoms with E-state index in [0.717, 1.165) is 77.0 Å². The Labute approximate surface area is 458 Å². The summed E-state index contributed by atoms with van der Waals surface area (Å²) in [5.74, 6) is -0.517. The molecule has 0 spiro atoms. The van der Waals surface area contributed by atoms with E-state index in [1.54, 1.807) is 0 Å². The Morgan fingerprint density at radius 2 is 0.824 bits per heavy atom. The number of phosphoric ester groups is 1. The van der Waals surface area contributed by atoms with Gasteiger partial charge in [0, 0.05) is 12.8 Å². The van der Waals surface area contributed by atoms with Gasteiger partial charge in [0.15, 0.2) is 0 Å². The topological polar surface area (TPSA) is 111 Å². The summed E-state index contributed by atoms with van der Waals surface area (Å²) in [6, 6.07) is -0.854. The lowest BCUT2D eigenvalue weighted by Crippen LogP contribution is -2.47. The number of ether oxygens (including phenoxy) is 1. The summed E-state index contributed by atoms with van der Waals surface area (Å²) in [6.07, 6.45) is 66.7. The monoisotopic (exact) mass is 1060 g/mol. The van der Waals surface area contributed by atoms with Crippen molar-refractivity contribution >= 4 is 19.7 Å². The predicted octanol–water partition coefficient (Wildman–Crippen LogP) is 19.3. The summed E-state index contributed by atoms with van der Waals surface area (Å²) < 4.78 is 30.7. The number of rotatable bonds is 57. The van der Waals surface area contributed by atoms with Crippen LogP contribution < -0.4 is 5.32 Å². The summed E-state index contributed by atoms with van der Waals surface area (Å²) in [4.78, 5) is 37.7. The highest BCUT2D eigenvalue weighted by atomic mass is 31.2. The maximum absolute atomic E-state index is 13.6. The second kappa shape index (κ2) is 54.3. The number of hydrogen-bond acceptors (Lipinski definition) is 6. The number of nitrogens with one attached hydrogen (secondary N) is 1. The largest absolute Gasteiger partial charge is 0.472 e. The molecular formula is C64H122N2O7P+. The molecule has 2 N–H and O–H groups in total. The number of carbonyl (C=O) groups is 2. The maximum atomic E-state index is 13.6. The van der Waals surface area contributed by atoms with Gasteiger partial charge in [-0.05, 0) is 89.5 Å². The van der Waals surface area contributed by atoms with Crippen LogP contribution in [0.4, 0.5) is 0 Å². The molecule has 0 aromatic heterocycles. The SMILES string of the molecule is CCCCC/C=C\C/C=C\CCCCCCCCCCCCCC(=O)NC(COP(=O)(O)OCC[N+](C)(C)C)C(/C=C\CCCCCCCCCCCCC)OC(=O)CCCCC/C=C\CCCCCCCCC. The fraction of sp³-hybridized carbons (Fsp3) is 0.844. The van der Waals surface area contributed by atoms with Gasteiger partial charge in [-0.2, -0.15) is 0 Å². The van der Waals surface area contributed by atoms with Crippen LogP contribution in [-0.2, 0) is 27.9 Å². The van der Waals surface area contributed by atoms with Crippen LogP contribution in [0.15, 0.2) is 48.6 Å². The van der Waals surface area contributed by atoms with Crippen LogP contribution in [0.25, 0.3) is 0 Å². The molecule has 0 fully saturated rings. The van der Waals surface area contributed by atoms with Crippen molar-refractivity contribution in [3.05, 3.63) is 48.6 Å². The molecule has 0 bridgehead atoms. The van der Waals surface area contributed by atoms with E-state index in [4.69, 9.17) is 13.8 Å². The molecule has 0 saturated heterocycles. The van der Waals surface area contributed by atoms with Gasteiger partial charge in [0.25, 0.3) is 0 Å². The van der Waals surface area contributed by atoms with Gasteiger partial charge < -0.3 is 19.4 Å². The molecule has 0 rings (SSSR count). The number of allylic oxidation sites excluding steroid dienone is 7. The number of quaternary nitrogens is 1. The number of unbranched alkanes of at least 4 members (excludes halogenated alkanes) is 35. The van der Waals surface area contributed by atoms with E-state index in [9.17, 15) is 19.0 Å². The predicted molar refractivity (Wildman–Crippen MR) is 319 cm³/mol. The van der Waals surface area contributed by atoms with Crippen molar-refractivity contribution in [1.29, 1.82) is 0 Å². The Balaban J connectivity index is 5.24. The van der Waals surface area contributed by atoms with Crippen LogP contribution in [0, 0.1) is 0 Å². The van der Waals surface area contributed by atoms with Crippen molar-refractivity contribution in [3.8, 4) is 0 Å². The van der Waals surface area contributed by atoms with Gasteiger partial charge in [0.05, 0.1) is 33.8 Å². The first kappa shape index (κ1) is 72.0. The molecule has 9 nitrogen and oxygen atoms in total. The van der Waals surface area contributed by atoms with Crippen LogP contribution in [0.2, 0.25) is 0 Å². The zero-order valence-corrected chi connectivity index (χ0v) is 50.5. The second-order valence-electron chi connectivity index (χ2n) is 22.6. The van der Waals surface area contributed by atoms with Crippen LogP contribution in [-0.4, -0.2) is 74.3 Å². The molecule has 434 valence electrons. The maximum Gasteiger partial charge on any atom is 0.472 e. The molecule has 0 heterocycles. The minimum absolute atomic E-state index is 0.0382. The van der Waals surface area contributed by atoms with Gasteiger partial charge in [0.2, 0.25) is 5.91 Å². The van der Waals surface area contributed by atoms with Crippen molar-refractivity contribution < 1.29 is 37.3 Å². The molecule has 1 amide bonds. The molecule has 0 aliphatic rings. The smallest absolute Gasteiger partial charge is 0.456 e. The molecule has 0 aromatic rings. The summed E-state index contributed by atoms with van der Waals surface area (Å²) in [6.45, 7) is 7.00. The summed E-state index contributed by atoms with van der Waals surface area (Å²) in [5, 5.41) is 3.06. The number of amides is 1. The standard InChI is InChI=1S/C64H121N2O7P/c1-7-10-13-16-19-22-25-28-30-31-32-33-34-35-36-38-41-44-47-50-53-56-63(67)65-61(60-72-74(69,70)71-59-58-66(4,5)6)62(55-52-49-46-43-40-37-27-24-21-18-15-12-9-3)73-64(68)57-54-51-48-45-42-39-29-26-23-20-17-14-11-8-2/h19,22,28,30,39,42,52,55,61-62H,7-18,20-21,23-27,29,31-38,40-41,43-51,53-54,56-60H2,1-6H3,(H-,65,67,69,70)/p+1/b22-19-,30-28-,42-39-,55-52-. The molecule has 3 unspecified atom stereocenters. The number of carbonyl (C=O) groups excluding carboxylic acids is 2. The Kier molecular flexibility index (Phi) is 52.8. The van der Waals surface area contributed by atoms with Gasteiger partial charge in [-0.3, -0.25) is 18.6 Å². The first-order valence-electron chi connectivity index (χ1n) is 31.5. The van der Waals surface area contributed by atoms with E-state index in [-0.39, 0.29) is 31.5 Å². The molecule has 10 heteroatoms. The zero-order chi connectivity index (χ0) is 54.3. The van der Waals surface area contributed by atoms with E-state index in [0.29, 0.717) is 17.4 Å². The third-order valence-electron chi connectivity index (χ3n) is 14.0. The molecule has 74 heavy (non-hydrogen) atoms. The highest BCUT2D eigenvalue weighted by molar-refractivity contribution is 7.47. The van der Waals surface area contributed by atoms with Crippen LogP contribution in [0.5, 0.6) is 0 Å². The Morgan fingerprint density at radius 3 is 1.27 bits per heavy atom. The van der Waals surface area contributed by atoms with Crippen molar-refractivity contribution in [2.24, 2.45) is 0 Å². The number of phosphoric acid groups is 1. The first-order chi connectivity index (χ1) is 35.9. The Hall–Kier alpha value is -2.03. The summed E-state index contributed by atoms with van der Waals surface area (Å²) in [5.41, 5.74) is 0. The summed E-state index contributed by atoms with van der Waals surface area (Å²) >= 11 is 0. The van der Waals surface area contributed by atoms with Gasteiger partial charge in [-0.1, -0.05) is 243 Å². The van der Waals surface area contributed by atoms with E-state index < -0.39 is 20.0 Å². The fourth-order valence-electron chi connectivity index (χ4n) is 9.08. The van der Waals surface area contributed by atoms with Gasteiger partial charge >= 0.3 is 13.8 Å². The minimum Gasteiger partial charge on any atom is -0.456 e. The molecule has 0 saturated carbocycles. The highest BCUT2D eigenvalue weighted by Crippen LogP contribution is 2.43. The molecule has 3 atom stereocenters. The van der Waals surface area contributed by atoms with Gasteiger partial charge in [0.1, 0.15) is 19.3 Å². The number of hydrogen-bond donors (Lipinski definition) is 2. The number of likely N-dealkylation sites (N-methyl/N-ethyl adjacent to an activating group) is 1. The highest BCUT2D eigenvalue weighted by Gasteiger charge is 2.30. The van der Waals surface area contributed by atoms with Crippen LogP contribution >= 0.6 is 7.82 Å². The molecule has 0 aromatic carbocycles. The van der Waals surface area contributed by atoms with Crippen molar-refractivity contribution in [3.63, 3.8) is 0 Å². The van der Waals surface area contributed by atoms with E-state index in [2.05, 4.69) is 62.5 Å². The average molecular weight is 1060 g/mol. The average Bonchev–Trinajstić information content (AvgIpc) is 3.36. The third-order valence-corrected chi connectivity index (χ3v) is 15.0. The number of esters is 1. The summed E-state index contributed by atoms with van der Waals surface area (Å²) in [7, 11) is 1.49. The Morgan fingerprint density at radius 1 is 0.473 bits per heavy atom. The van der Waals surface area contributed by atoms with Crippen LogP contribution in [0.3, 0.4) is 0 Å².